The van der Waals surface area contributed by atoms with Crippen LogP contribution in [0.15, 0.2) is 0 Å². The summed E-state index contributed by atoms with van der Waals surface area (Å²) in [6, 6.07) is 0.599. The lowest BCUT2D eigenvalue weighted by molar-refractivity contribution is 0.0228. The van der Waals surface area contributed by atoms with Crippen molar-refractivity contribution in [2.75, 3.05) is 19.6 Å². The van der Waals surface area contributed by atoms with Crippen molar-refractivity contribution >= 4 is 0 Å². The van der Waals surface area contributed by atoms with Gasteiger partial charge in [-0.3, -0.25) is 4.90 Å². The summed E-state index contributed by atoms with van der Waals surface area (Å²) >= 11 is 0. The lowest BCUT2D eigenvalue weighted by atomic mass is 10.1. The van der Waals surface area contributed by atoms with Crippen molar-refractivity contribution in [3.8, 4) is 0 Å². The molecule has 2 saturated heterocycles. The van der Waals surface area contributed by atoms with Gasteiger partial charge >= 0.3 is 0 Å². The standard InChI is InChI=1S/C13H26N2O/c1-11-6-7-13(16-11)10-15-8-4-2-3-5-12(15)9-14/h11-13H,2-10,14H2,1H3. The molecular formula is C13H26N2O. The third kappa shape index (κ3) is 3.19. The number of rotatable bonds is 3. The maximum atomic E-state index is 5.92. The maximum Gasteiger partial charge on any atom is 0.0706 e. The van der Waals surface area contributed by atoms with Gasteiger partial charge in [0.05, 0.1) is 12.2 Å². The number of hydrogen-bond acceptors (Lipinski definition) is 3. The Morgan fingerprint density at radius 1 is 1.19 bits per heavy atom. The summed E-state index contributed by atoms with van der Waals surface area (Å²) in [7, 11) is 0. The van der Waals surface area contributed by atoms with Crippen LogP contribution in [0.1, 0.15) is 45.4 Å². The smallest absolute Gasteiger partial charge is 0.0706 e. The fourth-order valence-corrected chi connectivity index (χ4v) is 3.03. The summed E-state index contributed by atoms with van der Waals surface area (Å²) in [5, 5.41) is 0. The zero-order chi connectivity index (χ0) is 11.4. The predicted octanol–water partition coefficient (Wildman–Crippen LogP) is 1.76. The Morgan fingerprint density at radius 3 is 2.75 bits per heavy atom. The number of nitrogens with zero attached hydrogens (tertiary/aromatic N) is 1. The van der Waals surface area contributed by atoms with Gasteiger partial charge < -0.3 is 10.5 Å². The topological polar surface area (TPSA) is 38.5 Å². The van der Waals surface area contributed by atoms with Crippen molar-refractivity contribution in [2.45, 2.75) is 63.7 Å². The van der Waals surface area contributed by atoms with Gasteiger partial charge in [0.25, 0.3) is 0 Å². The lowest BCUT2D eigenvalue weighted by Crippen LogP contribution is -2.44. The summed E-state index contributed by atoms with van der Waals surface area (Å²) < 4.78 is 5.92. The minimum Gasteiger partial charge on any atom is -0.374 e. The molecule has 0 spiro atoms. The first-order valence-corrected chi connectivity index (χ1v) is 6.89. The highest BCUT2D eigenvalue weighted by atomic mass is 16.5. The van der Waals surface area contributed by atoms with Crippen LogP contribution < -0.4 is 5.73 Å². The second kappa shape index (κ2) is 5.99. The van der Waals surface area contributed by atoms with Gasteiger partial charge in [0.15, 0.2) is 0 Å². The first-order valence-electron chi connectivity index (χ1n) is 6.89. The molecule has 2 heterocycles. The molecule has 94 valence electrons. The first kappa shape index (κ1) is 12.3. The van der Waals surface area contributed by atoms with Crippen LogP contribution in [0, 0.1) is 0 Å². The molecule has 16 heavy (non-hydrogen) atoms. The zero-order valence-electron chi connectivity index (χ0n) is 10.5. The molecule has 2 fully saturated rings. The summed E-state index contributed by atoms with van der Waals surface area (Å²) in [6.07, 6.45) is 8.71. The van der Waals surface area contributed by atoms with E-state index in [-0.39, 0.29) is 0 Å². The van der Waals surface area contributed by atoms with Crippen molar-refractivity contribution in [1.82, 2.24) is 4.90 Å². The minimum absolute atomic E-state index is 0.460. The normalized spacial score (nSPS) is 37.5. The minimum atomic E-state index is 0.460. The molecule has 0 saturated carbocycles. The molecule has 3 atom stereocenters. The van der Waals surface area contributed by atoms with Crippen LogP contribution in [0.3, 0.4) is 0 Å². The molecule has 3 heteroatoms. The molecule has 3 unspecified atom stereocenters. The Hall–Kier alpha value is -0.120. The quantitative estimate of drug-likeness (QED) is 0.797. The molecule has 2 N–H and O–H groups in total. The summed E-state index contributed by atoms with van der Waals surface area (Å²) in [5.41, 5.74) is 5.88. The average Bonchev–Trinajstić information content (AvgIpc) is 2.56. The fourth-order valence-electron chi connectivity index (χ4n) is 3.03. The number of ether oxygens (including phenoxy) is 1. The van der Waals surface area contributed by atoms with Gasteiger partial charge in [-0.1, -0.05) is 12.8 Å². The Bertz CT molecular complexity index is 210. The van der Waals surface area contributed by atoms with E-state index in [9.17, 15) is 0 Å². The van der Waals surface area contributed by atoms with Gasteiger partial charge in [-0.05, 0) is 39.2 Å². The van der Waals surface area contributed by atoms with Crippen molar-refractivity contribution in [2.24, 2.45) is 5.73 Å². The van der Waals surface area contributed by atoms with Gasteiger partial charge in [-0.2, -0.15) is 0 Å². The summed E-state index contributed by atoms with van der Waals surface area (Å²) in [4.78, 5) is 2.58. The van der Waals surface area contributed by atoms with Crippen LogP contribution in [-0.2, 0) is 4.74 Å². The second-order valence-electron chi connectivity index (χ2n) is 5.38. The lowest BCUT2D eigenvalue weighted by Gasteiger charge is -2.31. The third-order valence-corrected chi connectivity index (χ3v) is 4.03. The third-order valence-electron chi connectivity index (χ3n) is 4.03. The van der Waals surface area contributed by atoms with Gasteiger partial charge in [-0.15, -0.1) is 0 Å². The van der Waals surface area contributed by atoms with Gasteiger partial charge in [0.2, 0.25) is 0 Å². The molecule has 2 aliphatic rings. The summed E-state index contributed by atoms with van der Waals surface area (Å²) in [5.74, 6) is 0. The van der Waals surface area contributed by atoms with Crippen LogP contribution in [0.2, 0.25) is 0 Å². The van der Waals surface area contributed by atoms with E-state index in [0.717, 1.165) is 13.1 Å². The van der Waals surface area contributed by atoms with Crippen LogP contribution in [0.4, 0.5) is 0 Å². The van der Waals surface area contributed by atoms with E-state index in [1.54, 1.807) is 0 Å². The summed E-state index contributed by atoms with van der Waals surface area (Å²) in [6.45, 7) is 5.31. The van der Waals surface area contributed by atoms with E-state index >= 15 is 0 Å². The van der Waals surface area contributed by atoms with Crippen LogP contribution in [0.5, 0.6) is 0 Å². The van der Waals surface area contributed by atoms with Crippen LogP contribution >= 0.6 is 0 Å². The number of hydrogen-bond donors (Lipinski definition) is 1. The first-order chi connectivity index (χ1) is 7.79. The highest BCUT2D eigenvalue weighted by molar-refractivity contribution is 4.81. The predicted molar refractivity (Wildman–Crippen MR) is 66.5 cm³/mol. The van der Waals surface area contributed by atoms with E-state index in [1.807, 2.05) is 0 Å². The van der Waals surface area contributed by atoms with E-state index in [2.05, 4.69) is 11.8 Å². The molecule has 2 aliphatic heterocycles. The highest BCUT2D eigenvalue weighted by Crippen LogP contribution is 2.23. The Labute approximate surface area is 99.3 Å². The van der Waals surface area contributed by atoms with Crippen LogP contribution in [-0.4, -0.2) is 42.8 Å². The molecule has 2 rings (SSSR count). The van der Waals surface area contributed by atoms with Gasteiger partial charge in [-0.25, -0.2) is 0 Å². The monoisotopic (exact) mass is 226 g/mol. The van der Waals surface area contributed by atoms with E-state index in [4.69, 9.17) is 10.5 Å². The fraction of sp³-hybridized carbons (Fsp3) is 1.00. The Kier molecular flexibility index (Phi) is 4.62. The van der Waals surface area contributed by atoms with Crippen molar-refractivity contribution in [1.29, 1.82) is 0 Å². The average molecular weight is 226 g/mol. The SMILES string of the molecule is CC1CCC(CN2CCCCCC2CN)O1. The van der Waals surface area contributed by atoms with E-state index in [0.29, 0.717) is 18.2 Å². The molecule has 0 aliphatic carbocycles. The molecule has 0 aromatic heterocycles. The Balaban J connectivity index is 1.85. The van der Waals surface area contributed by atoms with Gasteiger partial charge in [0, 0.05) is 19.1 Å². The van der Waals surface area contributed by atoms with E-state index in [1.165, 1.54) is 45.1 Å². The molecule has 0 aromatic carbocycles. The van der Waals surface area contributed by atoms with Crippen LogP contribution in [0.25, 0.3) is 0 Å². The molecule has 0 amide bonds. The zero-order valence-corrected chi connectivity index (χ0v) is 10.5. The molecule has 0 radical (unpaired) electrons. The Morgan fingerprint density at radius 2 is 2.06 bits per heavy atom. The molecule has 3 nitrogen and oxygen atoms in total. The number of nitrogens with two attached hydrogens (primary N) is 1. The second-order valence-corrected chi connectivity index (χ2v) is 5.38. The van der Waals surface area contributed by atoms with Crippen molar-refractivity contribution in [3.63, 3.8) is 0 Å². The molecular weight excluding hydrogens is 200 g/mol. The molecule has 0 bridgehead atoms. The van der Waals surface area contributed by atoms with Gasteiger partial charge in [0.1, 0.15) is 0 Å². The molecule has 0 aromatic rings. The van der Waals surface area contributed by atoms with E-state index < -0.39 is 0 Å². The van der Waals surface area contributed by atoms with Crippen molar-refractivity contribution < 1.29 is 4.74 Å². The maximum absolute atomic E-state index is 5.92. The number of likely N-dealkylation sites (tertiary alicyclic amines) is 1. The highest BCUT2D eigenvalue weighted by Gasteiger charge is 2.27. The van der Waals surface area contributed by atoms with Crippen molar-refractivity contribution in [3.05, 3.63) is 0 Å². The largest absolute Gasteiger partial charge is 0.374 e.